The minimum absolute atomic E-state index is 0.00581. The van der Waals surface area contributed by atoms with Crippen molar-refractivity contribution >= 4 is 40.7 Å². The molecule has 0 aliphatic carbocycles. The zero-order chi connectivity index (χ0) is 16.2. The maximum atomic E-state index is 11.8. The molecule has 7 heteroatoms. The van der Waals surface area contributed by atoms with E-state index in [0.717, 1.165) is 5.56 Å². The van der Waals surface area contributed by atoms with Gasteiger partial charge in [0.15, 0.2) is 0 Å². The molecule has 116 valence electrons. The van der Waals surface area contributed by atoms with Crippen LogP contribution in [-0.4, -0.2) is 24.4 Å². The molecule has 0 fully saturated rings. The Labute approximate surface area is 134 Å². The van der Waals surface area contributed by atoms with Crippen molar-refractivity contribution in [2.45, 2.75) is 26.8 Å². The minimum atomic E-state index is -0.649. The Morgan fingerprint density at radius 3 is 2.48 bits per heavy atom. The van der Waals surface area contributed by atoms with Crippen molar-refractivity contribution in [3.8, 4) is 0 Å². The van der Waals surface area contributed by atoms with Crippen LogP contribution in [0, 0.1) is 12.8 Å². The van der Waals surface area contributed by atoms with Crippen LogP contribution in [0.4, 0.5) is 5.69 Å². The summed E-state index contributed by atoms with van der Waals surface area (Å²) < 4.78 is 0. The van der Waals surface area contributed by atoms with E-state index in [0.29, 0.717) is 15.7 Å². The summed E-state index contributed by atoms with van der Waals surface area (Å²) in [5.41, 5.74) is 6.81. The van der Waals surface area contributed by atoms with E-state index in [4.69, 9.17) is 28.9 Å². The van der Waals surface area contributed by atoms with Gasteiger partial charge in [-0.05, 0) is 24.5 Å². The molecule has 0 saturated heterocycles. The first-order valence-corrected chi connectivity index (χ1v) is 7.27. The topological polar surface area (TPSA) is 84.2 Å². The molecule has 0 saturated carbocycles. The van der Waals surface area contributed by atoms with Crippen molar-refractivity contribution in [2.75, 3.05) is 11.9 Å². The molecule has 1 aromatic rings. The summed E-state index contributed by atoms with van der Waals surface area (Å²) >= 11 is 12.1. The van der Waals surface area contributed by atoms with Gasteiger partial charge in [0.1, 0.15) is 0 Å². The molecule has 21 heavy (non-hydrogen) atoms. The number of carbonyl (C=O) groups is 2. The third-order valence-corrected chi connectivity index (χ3v) is 3.79. The average Bonchev–Trinajstić information content (AvgIpc) is 2.44. The van der Waals surface area contributed by atoms with E-state index in [1.54, 1.807) is 19.1 Å². The molecule has 4 N–H and O–H groups in total. The van der Waals surface area contributed by atoms with Gasteiger partial charge in [0.25, 0.3) is 0 Å². The molecule has 1 atom stereocenters. The van der Waals surface area contributed by atoms with E-state index in [1.807, 2.05) is 13.8 Å². The van der Waals surface area contributed by atoms with Crippen LogP contribution in [0.25, 0.3) is 0 Å². The zero-order valence-corrected chi connectivity index (χ0v) is 13.7. The van der Waals surface area contributed by atoms with Crippen LogP contribution in [0.1, 0.15) is 19.4 Å². The van der Waals surface area contributed by atoms with E-state index >= 15 is 0 Å². The predicted octanol–water partition coefficient (Wildman–Crippen LogP) is 2.34. The van der Waals surface area contributed by atoms with E-state index in [2.05, 4.69) is 10.6 Å². The second-order valence-electron chi connectivity index (χ2n) is 5.09. The summed E-state index contributed by atoms with van der Waals surface area (Å²) in [7, 11) is 0. The molecule has 0 radical (unpaired) electrons. The number of anilines is 1. The van der Waals surface area contributed by atoms with Crippen LogP contribution in [0.5, 0.6) is 0 Å². The van der Waals surface area contributed by atoms with Gasteiger partial charge < -0.3 is 16.4 Å². The van der Waals surface area contributed by atoms with Crippen molar-refractivity contribution in [3.05, 3.63) is 27.7 Å². The lowest BCUT2D eigenvalue weighted by atomic mass is 10.1. The molecule has 0 unspecified atom stereocenters. The van der Waals surface area contributed by atoms with Crippen LogP contribution in [-0.2, 0) is 9.59 Å². The molecule has 0 spiro atoms. The normalized spacial score (nSPS) is 12.1. The van der Waals surface area contributed by atoms with E-state index in [1.165, 1.54) is 0 Å². The lowest BCUT2D eigenvalue weighted by Gasteiger charge is -2.15. The second-order valence-corrected chi connectivity index (χ2v) is 5.87. The maximum absolute atomic E-state index is 11.8. The van der Waals surface area contributed by atoms with Crippen molar-refractivity contribution in [2.24, 2.45) is 11.7 Å². The first-order valence-electron chi connectivity index (χ1n) is 6.51. The Morgan fingerprint density at radius 2 is 1.90 bits per heavy atom. The number of nitrogens with two attached hydrogens (primary N) is 1. The van der Waals surface area contributed by atoms with Gasteiger partial charge in [0, 0.05) is 0 Å². The monoisotopic (exact) mass is 331 g/mol. The number of rotatable bonds is 5. The lowest BCUT2D eigenvalue weighted by Crippen LogP contribution is -2.46. The summed E-state index contributed by atoms with van der Waals surface area (Å²) in [6.07, 6.45) is 0. The fourth-order valence-electron chi connectivity index (χ4n) is 1.54. The fourth-order valence-corrected chi connectivity index (χ4v) is 2.01. The second kappa shape index (κ2) is 7.64. The van der Waals surface area contributed by atoms with Crippen LogP contribution in [0.2, 0.25) is 10.0 Å². The standard InChI is InChI=1S/C14H19Cl2N3O2/c1-7(2)12(17)14(21)18-6-10(20)19-13-9(15)5-4-8(3)11(13)16/h4-5,7,12H,6,17H2,1-3H3,(H,18,21)(H,19,20)/t12-/m0/s1. The van der Waals surface area contributed by atoms with Crippen LogP contribution < -0.4 is 16.4 Å². The third kappa shape index (κ3) is 4.88. The number of carbonyl (C=O) groups excluding carboxylic acids is 2. The first-order chi connectivity index (χ1) is 9.73. The highest BCUT2D eigenvalue weighted by Crippen LogP contribution is 2.32. The van der Waals surface area contributed by atoms with Gasteiger partial charge in [-0.15, -0.1) is 0 Å². The molecule has 0 aliphatic heterocycles. The van der Waals surface area contributed by atoms with Crippen LogP contribution in [0.3, 0.4) is 0 Å². The van der Waals surface area contributed by atoms with Gasteiger partial charge in [-0.3, -0.25) is 9.59 Å². The largest absolute Gasteiger partial charge is 0.346 e. The lowest BCUT2D eigenvalue weighted by molar-refractivity contribution is -0.125. The van der Waals surface area contributed by atoms with Gasteiger partial charge in [0.2, 0.25) is 11.8 Å². The van der Waals surface area contributed by atoms with Crippen molar-refractivity contribution < 1.29 is 9.59 Å². The Morgan fingerprint density at radius 1 is 1.29 bits per heavy atom. The molecule has 5 nitrogen and oxygen atoms in total. The Kier molecular flexibility index (Phi) is 6.45. The van der Waals surface area contributed by atoms with Crippen molar-refractivity contribution in [1.29, 1.82) is 0 Å². The van der Waals surface area contributed by atoms with Gasteiger partial charge in [0.05, 0.1) is 28.3 Å². The van der Waals surface area contributed by atoms with Crippen LogP contribution >= 0.6 is 23.2 Å². The fraction of sp³-hybridized carbons (Fsp3) is 0.429. The smallest absolute Gasteiger partial charge is 0.243 e. The SMILES string of the molecule is Cc1ccc(Cl)c(NC(=O)CNC(=O)[C@@H](N)C(C)C)c1Cl. The molecule has 2 amide bonds. The number of aryl methyl sites for hydroxylation is 1. The molecular formula is C14H19Cl2N3O2. The van der Waals surface area contributed by atoms with E-state index < -0.39 is 11.9 Å². The number of nitrogens with one attached hydrogen (secondary N) is 2. The maximum Gasteiger partial charge on any atom is 0.243 e. The summed E-state index contributed by atoms with van der Waals surface area (Å²) in [6, 6.07) is 2.75. The molecule has 0 aromatic heterocycles. The number of halogens is 2. The highest BCUT2D eigenvalue weighted by molar-refractivity contribution is 6.40. The van der Waals surface area contributed by atoms with Crippen molar-refractivity contribution in [1.82, 2.24) is 5.32 Å². The molecule has 1 rings (SSSR count). The highest BCUT2D eigenvalue weighted by Gasteiger charge is 2.18. The minimum Gasteiger partial charge on any atom is -0.346 e. The summed E-state index contributed by atoms with van der Waals surface area (Å²) in [6.45, 7) is 5.27. The van der Waals surface area contributed by atoms with Crippen molar-refractivity contribution in [3.63, 3.8) is 0 Å². The average molecular weight is 332 g/mol. The zero-order valence-electron chi connectivity index (χ0n) is 12.2. The summed E-state index contributed by atoms with van der Waals surface area (Å²) in [4.78, 5) is 23.5. The highest BCUT2D eigenvalue weighted by atomic mass is 35.5. The van der Waals surface area contributed by atoms with E-state index in [-0.39, 0.29) is 18.4 Å². The summed E-state index contributed by atoms with van der Waals surface area (Å²) in [5.74, 6) is -0.802. The van der Waals surface area contributed by atoms with Crippen LogP contribution in [0.15, 0.2) is 12.1 Å². The molecule has 1 aromatic carbocycles. The Balaban J connectivity index is 2.63. The van der Waals surface area contributed by atoms with Gasteiger partial charge >= 0.3 is 0 Å². The molecule has 0 heterocycles. The van der Waals surface area contributed by atoms with E-state index in [9.17, 15) is 9.59 Å². The molecule has 0 bridgehead atoms. The molecule has 0 aliphatic rings. The quantitative estimate of drug-likeness (QED) is 0.774. The molecular weight excluding hydrogens is 313 g/mol. The van der Waals surface area contributed by atoms with Gasteiger partial charge in [-0.25, -0.2) is 0 Å². The Hall–Kier alpha value is -1.30. The summed E-state index contributed by atoms with van der Waals surface area (Å²) in [5, 5.41) is 5.77. The first kappa shape index (κ1) is 17.8. The van der Waals surface area contributed by atoms with Gasteiger partial charge in [-0.1, -0.05) is 43.1 Å². The number of hydrogen-bond donors (Lipinski definition) is 3. The van der Waals surface area contributed by atoms with Gasteiger partial charge in [-0.2, -0.15) is 0 Å². The number of benzene rings is 1. The Bertz CT molecular complexity index is 547. The number of hydrogen-bond acceptors (Lipinski definition) is 3. The third-order valence-electron chi connectivity index (χ3n) is 2.99. The number of amides is 2. The predicted molar refractivity (Wildman–Crippen MR) is 85.7 cm³/mol.